The smallest absolute Gasteiger partial charge is 0.0979 e. The Hall–Kier alpha value is -7.98. The van der Waals surface area contributed by atoms with Gasteiger partial charge in [-0.25, -0.2) is 4.98 Å². The summed E-state index contributed by atoms with van der Waals surface area (Å²) in [5, 5.41) is 12.2. The second-order valence-electron chi connectivity index (χ2n) is 16.4. The fourth-order valence-electron chi connectivity index (χ4n) is 10.0. The van der Waals surface area contributed by atoms with Crippen LogP contribution < -0.4 is 0 Å². The maximum atomic E-state index is 5.31. The van der Waals surface area contributed by atoms with Crippen molar-refractivity contribution in [2.75, 3.05) is 0 Å². The van der Waals surface area contributed by atoms with E-state index in [0.29, 0.717) is 0 Å². The van der Waals surface area contributed by atoms with Crippen molar-refractivity contribution in [2.24, 2.45) is 0 Å². The molecule has 0 aliphatic rings. The normalized spacial score (nSPS) is 11.8. The summed E-state index contributed by atoms with van der Waals surface area (Å²) in [6.07, 6.45) is 1.93. The van der Waals surface area contributed by atoms with Crippen LogP contribution in [0.5, 0.6) is 0 Å². The van der Waals surface area contributed by atoms with Crippen molar-refractivity contribution >= 4 is 85.6 Å². The third-order valence-corrected chi connectivity index (χ3v) is 14.2. The number of aromatic nitrogens is 2. The van der Waals surface area contributed by atoms with Gasteiger partial charge in [0, 0.05) is 36.5 Å². The van der Waals surface area contributed by atoms with Gasteiger partial charge in [-0.2, -0.15) is 0 Å². The van der Waals surface area contributed by atoms with Gasteiger partial charge in [0.2, 0.25) is 0 Å². The van der Waals surface area contributed by atoms with E-state index in [2.05, 4.69) is 212 Å². The van der Waals surface area contributed by atoms with Crippen molar-refractivity contribution in [2.45, 2.75) is 0 Å². The number of thiophene rings is 1. The molecule has 292 valence electrons. The van der Waals surface area contributed by atoms with Gasteiger partial charge >= 0.3 is 0 Å². The maximum Gasteiger partial charge on any atom is 0.0979 e. The predicted octanol–water partition coefficient (Wildman–Crippen LogP) is 16.9. The van der Waals surface area contributed by atoms with Gasteiger partial charge in [-0.3, -0.25) is 4.98 Å². The molecule has 0 saturated carbocycles. The first kappa shape index (κ1) is 35.7. The minimum Gasteiger partial charge on any atom is -0.252 e. The van der Waals surface area contributed by atoms with Crippen molar-refractivity contribution in [1.29, 1.82) is 0 Å². The van der Waals surface area contributed by atoms with Crippen LogP contribution in [0.4, 0.5) is 0 Å². The quantitative estimate of drug-likeness (QED) is 0.162. The molecule has 3 heteroatoms. The highest BCUT2D eigenvalue weighted by Gasteiger charge is 2.16. The number of rotatable bonds is 5. The summed E-state index contributed by atoms with van der Waals surface area (Å²) in [5.74, 6) is 0. The fourth-order valence-corrected chi connectivity index (χ4v) is 11.2. The average Bonchev–Trinajstić information content (AvgIpc) is 3.75. The molecule has 0 unspecified atom stereocenters. The SMILES string of the molecule is c1cc(-c2cnc3c4ccccc4c4ccccc4c3n2)cc(-c2cccc3c(-c4cccc5c(-c6ccc(-c7cccc8c7sc7ccccc78)cc6)cccc45)cccc23)c1. The minimum absolute atomic E-state index is 0.862. The first-order valence-electron chi connectivity index (χ1n) is 21.5. The van der Waals surface area contributed by atoms with Crippen LogP contribution in [0.1, 0.15) is 0 Å². The summed E-state index contributed by atoms with van der Waals surface area (Å²) in [6.45, 7) is 0. The second kappa shape index (κ2) is 14.3. The Morgan fingerprint density at radius 3 is 1.38 bits per heavy atom. The van der Waals surface area contributed by atoms with E-state index in [0.717, 1.165) is 38.6 Å². The van der Waals surface area contributed by atoms with Crippen LogP contribution in [0.25, 0.3) is 130 Å². The van der Waals surface area contributed by atoms with Crippen LogP contribution in [-0.4, -0.2) is 9.97 Å². The van der Waals surface area contributed by atoms with Gasteiger partial charge in [0.15, 0.2) is 0 Å². The van der Waals surface area contributed by atoms with Crippen LogP contribution in [0.2, 0.25) is 0 Å². The third kappa shape index (κ3) is 5.71. The van der Waals surface area contributed by atoms with Crippen LogP contribution in [0, 0.1) is 0 Å². The van der Waals surface area contributed by atoms with Crippen molar-refractivity contribution < 1.29 is 0 Å². The predicted molar refractivity (Wildman–Crippen MR) is 270 cm³/mol. The molecule has 0 aliphatic heterocycles. The molecule has 0 fully saturated rings. The summed E-state index contributed by atoms with van der Waals surface area (Å²) in [4.78, 5) is 10.4. The Bertz CT molecular complexity index is 3940. The molecule has 2 nitrogen and oxygen atoms in total. The molecular weight excluding hydrogens is 781 g/mol. The largest absolute Gasteiger partial charge is 0.252 e. The number of benzene rings is 11. The molecule has 0 N–H and O–H groups in total. The zero-order chi connectivity index (χ0) is 41.4. The molecule has 13 aromatic rings. The molecule has 2 aromatic heterocycles. The lowest BCUT2D eigenvalue weighted by Crippen LogP contribution is -1.92. The summed E-state index contributed by atoms with van der Waals surface area (Å²) >= 11 is 1.88. The first-order chi connectivity index (χ1) is 31.2. The van der Waals surface area contributed by atoms with E-state index in [1.54, 1.807) is 0 Å². The number of fused-ring (bicyclic) bond motifs is 11. The number of nitrogens with zero attached hydrogens (tertiary/aromatic N) is 2. The van der Waals surface area contributed by atoms with Crippen molar-refractivity contribution in [3.63, 3.8) is 0 Å². The lowest BCUT2D eigenvalue weighted by Gasteiger charge is -2.15. The zero-order valence-electron chi connectivity index (χ0n) is 34.1. The number of hydrogen-bond donors (Lipinski definition) is 0. The molecule has 0 saturated heterocycles. The summed E-state index contributed by atoms with van der Waals surface area (Å²) in [7, 11) is 0. The van der Waals surface area contributed by atoms with Gasteiger partial charge in [0.1, 0.15) is 0 Å². The molecule has 0 bridgehead atoms. The Morgan fingerprint density at radius 1 is 0.286 bits per heavy atom. The standard InChI is InChI=1S/C60H36N2S/c1-3-18-53-50(15-1)51-16-2-4-19-54(51)59-58(53)61-36-56(62-59)40-14-7-13-39(35-40)42-21-9-26-47-45(42)24-12-28-49(47)48-27-11-23-44-41(20-8-25-46(44)48)37-31-33-38(34-32-37)43-22-10-29-55-52-17-5-6-30-57(52)63-60(43)55/h1-36H. The Morgan fingerprint density at radius 2 is 0.730 bits per heavy atom. The molecule has 13 rings (SSSR count). The van der Waals surface area contributed by atoms with E-state index in [9.17, 15) is 0 Å². The van der Waals surface area contributed by atoms with Gasteiger partial charge in [-0.1, -0.05) is 200 Å². The van der Waals surface area contributed by atoms with Crippen molar-refractivity contribution in [3.8, 4) is 55.8 Å². The van der Waals surface area contributed by atoms with E-state index >= 15 is 0 Å². The molecule has 0 amide bonds. The lowest BCUT2D eigenvalue weighted by molar-refractivity contribution is 1.31. The second-order valence-corrected chi connectivity index (χ2v) is 17.4. The van der Waals surface area contributed by atoms with Gasteiger partial charge < -0.3 is 0 Å². The van der Waals surface area contributed by atoms with Crippen molar-refractivity contribution in [3.05, 3.63) is 219 Å². The first-order valence-corrected chi connectivity index (χ1v) is 22.3. The van der Waals surface area contributed by atoms with E-state index in [-0.39, 0.29) is 0 Å². The molecule has 11 aromatic carbocycles. The van der Waals surface area contributed by atoms with Gasteiger partial charge in [-0.15, -0.1) is 11.3 Å². The Kier molecular flexibility index (Phi) is 8.12. The van der Waals surface area contributed by atoms with Gasteiger partial charge in [-0.05, 0) is 89.0 Å². The summed E-state index contributed by atoms with van der Waals surface area (Å²) < 4.78 is 2.67. The third-order valence-electron chi connectivity index (χ3n) is 12.9. The van der Waals surface area contributed by atoms with E-state index in [4.69, 9.17) is 9.97 Å². The summed E-state index contributed by atoms with van der Waals surface area (Å²) in [6, 6.07) is 77.3. The van der Waals surface area contributed by atoms with Crippen LogP contribution in [0.15, 0.2) is 219 Å². The molecule has 63 heavy (non-hydrogen) atoms. The molecule has 0 spiro atoms. The fraction of sp³-hybridized carbons (Fsp3) is 0. The van der Waals surface area contributed by atoms with E-state index < -0.39 is 0 Å². The maximum absolute atomic E-state index is 5.31. The Balaban J connectivity index is 0.880. The molecular formula is C60H36N2S. The zero-order valence-corrected chi connectivity index (χ0v) is 34.9. The highest BCUT2D eigenvalue weighted by Crippen LogP contribution is 2.43. The van der Waals surface area contributed by atoms with Gasteiger partial charge in [0.05, 0.1) is 22.9 Å². The molecule has 0 atom stereocenters. The highest BCUT2D eigenvalue weighted by molar-refractivity contribution is 7.26. The van der Waals surface area contributed by atoms with Crippen molar-refractivity contribution in [1.82, 2.24) is 9.97 Å². The lowest BCUT2D eigenvalue weighted by atomic mass is 9.89. The van der Waals surface area contributed by atoms with E-state index in [1.807, 2.05) is 17.5 Å². The molecule has 0 radical (unpaired) electrons. The molecule has 0 aliphatic carbocycles. The number of hydrogen-bond acceptors (Lipinski definition) is 3. The Labute approximate surface area is 368 Å². The highest BCUT2D eigenvalue weighted by atomic mass is 32.1. The average molecular weight is 817 g/mol. The minimum atomic E-state index is 0.862. The molecule has 2 heterocycles. The summed E-state index contributed by atoms with van der Waals surface area (Å²) in [5.41, 5.74) is 13.5. The van der Waals surface area contributed by atoms with E-state index in [1.165, 1.54) is 91.4 Å². The van der Waals surface area contributed by atoms with Crippen LogP contribution in [0.3, 0.4) is 0 Å². The van der Waals surface area contributed by atoms with Crippen LogP contribution in [-0.2, 0) is 0 Å². The topological polar surface area (TPSA) is 25.8 Å². The van der Waals surface area contributed by atoms with Gasteiger partial charge in [0.25, 0.3) is 0 Å². The van der Waals surface area contributed by atoms with Crippen LogP contribution >= 0.6 is 11.3 Å². The monoisotopic (exact) mass is 816 g/mol.